The van der Waals surface area contributed by atoms with Gasteiger partial charge >= 0.3 is 0 Å². The first-order valence-corrected chi connectivity index (χ1v) is 8.54. The number of hydroxylamine groups is 1. The van der Waals surface area contributed by atoms with Crippen LogP contribution in [0.4, 0.5) is 14.5 Å². The third-order valence-corrected chi connectivity index (χ3v) is 4.48. The van der Waals surface area contributed by atoms with E-state index in [4.69, 9.17) is 13.0 Å². The predicted octanol–water partition coefficient (Wildman–Crippen LogP) is 3.74. The van der Waals surface area contributed by atoms with Crippen molar-refractivity contribution >= 4 is 17.5 Å². The van der Waals surface area contributed by atoms with Crippen LogP contribution >= 0.6 is 0 Å². The van der Waals surface area contributed by atoms with E-state index in [0.717, 1.165) is 12.1 Å². The molecule has 0 fully saturated rings. The number of methoxy groups -OCH3 is 1. The highest BCUT2D eigenvalue weighted by atomic mass is 19.1. The van der Waals surface area contributed by atoms with E-state index in [2.05, 4.69) is 10.2 Å². The van der Waals surface area contributed by atoms with Crippen molar-refractivity contribution in [2.24, 2.45) is 0 Å². The van der Waals surface area contributed by atoms with E-state index in [-0.39, 0.29) is 40.9 Å². The summed E-state index contributed by atoms with van der Waals surface area (Å²) in [7, 11) is -5.59. The Kier molecular flexibility index (Phi) is 4.21. The summed E-state index contributed by atoms with van der Waals surface area (Å²) in [6.07, 6.45) is 0.690. The monoisotopic (exact) mass is 408 g/mol. The fourth-order valence-corrected chi connectivity index (χ4v) is 3.14. The smallest absolute Gasteiger partial charge is 0.271 e. The minimum absolute atomic E-state index is 0.0258. The highest BCUT2D eigenvalue weighted by Gasteiger charge is 2.27. The van der Waals surface area contributed by atoms with Crippen LogP contribution in [0.3, 0.4) is 0 Å². The Labute approximate surface area is 174 Å². The van der Waals surface area contributed by atoms with Gasteiger partial charge in [0, 0.05) is 11.1 Å². The molecule has 1 aliphatic rings. The summed E-state index contributed by atoms with van der Waals surface area (Å²) in [5.41, 5.74) is 1.25. The van der Waals surface area contributed by atoms with E-state index in [1.165, 1.54) is 24.3 Å². The van der Waals surface area contributed by atoms with E-state index in [9.17, 15) is 18.4 Å². The summed E-state index contributed by atoms with van der Waals surface area (Å²) in [5.74, 6) is -4.09. The quantitative estimate of drug-likeness (QED) is 0.714. The second-order valence-corrected chi connectivity index (χ2v) is 6.24. The number of benzene rings is 2. The summed E-state index contributed by atoms with van der Waals surface area (Å²) < 4.78 is 76.6. The molecule has 6 nitrogen and oxygen atoms in total. The lowest BCUT2D eigenvalue weighted by Gasteiger charge is -2.12. The Morgan fingerprint density at radius 1 is 1.00 bits per heavy atom. The number of anilines is 1. The normalized spacial score (nSPS) is 17.3. The zero-order valence-corrected chi connectivity index (χ0v) is 15.0. The van der Waals surface area contributed by atoms with Crippen molar-refractivity contribution in [2.45, 2.75) is 19.3 Å². The lowest BCUT2D eigenvalue weighted by molar-refractivity contribution is -0.127. The van der Waals surface area contributed by atoms with Crippen molar-refractivity contribution in [3.63, 3.8) is 0 Å². The average Bonchev–Trinajstić information content (AvgIpc) is 3.23. The Hall–Kier alpha value is -3.26. The van der Waals surface area contributed by atoms with Gasteiger partial charge in [-0.25, -0.2) is 14.3 Å². The van der Waals surface area contributed by atoms with Crippen LogP contribution in [0, 0.1) is 11.6 Å². The Morgan fingerprint density at radius 3 is 2.41 bits per heavy atom. The molecule has 8 heteroatoms. The molecule has 2 amide bonds. The number of hydrogen-bond donors (Lipinski definition) is 2. The molecule has 0 saturated carbocycles. The third-order valence-electron chi connectivity index (χ3n) is 4.48. The number of ether oxygens (including phenoxy) is 1. The van der Waals surface area contributed by atoms with Crippen molar-refractivity contribution in [3.8, 4) is 16.9 Å². The van der Waals surface area contributed by atoms with E-state index < -0.39 is 43.2 Å². The van der Waals surface area contributed by atoms with Crippen molar-refractivity contribution in [1.82, 2.24) is 5.48 Å². The average molecular weight is 408 g/mol. The van der Waals surface area contributed by atoms with Crippen LogP contribution in [0.15, 0.2) is 47.5 Å². The largest absolute Gasteiger partial charge is 0.497 e. The molecule has 29 heavy (non-hydrogen) atoms. The van der Waals surface area contributed by atoms with E-state index in [1.54, 1.807) is 5.48 Å². The molecule has 0 bridgehead atoms. The van der Waals surface area contributed by atoms with Crippen molar-refractivity contribution < 1.29 is 36.2 Å². The zero-order chi connectivity index (χ0) is 26.0. The van der Waals surface area contributed by atoms with Gasteiger partial charge in [0.15, 0.2) is 0 Å². The number of amides is 2. The standard InChI is InChI=1S/C21H20F2N2O4/c1-28-14-6-3-5-12(9-14)13-10-17(22)19(18(23)11-13)24-20(26)15-7-4-8-16(15)21(27)25-29-2/h3,5-6,9-11H,4,7-8H2,1-2H3,(H,24,26)(H,25,27)/i1D3,2D3. The first-order chi connectivity index (χ1) is 16.2. The van der Waals surface area contributed by atoms with Crippen molar-refractivity contribution in [2.75, 3.05) is 19.4 Å². The number of rotatable bonds is 6. The molecule has 3 rings (SSSR count). The molecule has 0 saturated heterocycles. The van der Waals surface area contributed by atoms with E-state index in [0.29, 0.717) is 6.42 Å². The van der Waals surface area contributed by atoms with Gasteiger partial charge in [0.2, 0.25) is 0 Å². The van der Waals surface area contributed by atoms with Gasteiger partial charge in [0.25, 0.3) is 11.8 Å². The molecule has 0 aliphatic heterocycles. The fraction of sp³-hybridized carbons (Fsp3) is 0.238. The minimum atomic E-state index is -2.89. The van der Waals surface area contributed by atoms with Crippen molar-refractivity contribution in [1.29, 1.82) is 0 Å². The Morgan fingerprint density at radius 2 is 1.72 bits per heavy atom. The summed E-state index contributed by atoms with van der Waals surface area (Å²) >= 11 is 0. The van der Waals surface area contributed by atoms with Crippen LogP contribution < -0.4 is 15.5 Å². The maximum Gasteiger partial charge on any atom is 0.271 e. The minimum Gasteiger partial charge on any atom is -0.497 e. The van der Waals surface area contributed by atoms with Gasteiger partial charge in [-0.3, -0.25) is 14.4 Å². The van der Waals surface area contributed by atoms with E-state index >= 15 is 0 Å². The molecule has 2 aromatic rings. The molecule has 0 aromatic heterocycles. The fourth-order valence-electron chi connectivity index (χ4n) is 3.14. The maximum atomic E-state index is 14.8. The van der Waals surface area contributed by atoms with Gasteiger partial charge in [0.05, 0.1) is 22.3 Å². The molecule has 0 spiro atoms. The first-order valence-electron chi connectivity index (χ1n) is 11.5. The van der Waals surface area contributed by atoms with Gasteiger partial charge < -0.3 is 10.1 Å². The molecule has 2 N–H and O–H groups in total. The van der Waals surface area contributed by atoms with Crippen LogP contribution in [-0.4, -0.2) is 25.9 Å². The van der Waals surface area contributed by atoms with Crippen LogP contribution in [0.25, 0.3) is 11.1 Å². The van der Waals surface area contributed by atoms with Crippen LogP contribution in [-0.2, 0) is 14.4 Å². The van der Waals surface area contributed by atoms with Gasteiger partial charge in [-0.05, 0) is 54.7 Å². The number of hydrogen-bond acceptors (Lipinski definition) is 4. The first kappa shape index (κ1) is 13.8. The Bertz CT molecular complexity index is 1160. The summed E-state index contributed by atoms with van der Waals surface area (Å²) in [6.45, 7) is 0. The number of nitrogens with one attached hydrogen (secondary N) is 2. The highest BCUT2D eigenvalue weighted by Crippen LogP contribution is 2.31. The van der Waals surface area contributed by atoms with Gasteiger partial charge in [-0.2, -0.15) is 0 Å². The summed E-state index contributed by atoms with van der Waals surface area (Å²) in [5, 5.41) is 2.12. The number of carbonyl (C=O) groups is 2. The van der Waals surface area contributed by atoms with E-state index in [1.807, 2.05) is 0 Å². The van der Waals surface area contributed by atoms with Crippen LogP contribution in [0.1, 0.15) is 27.5 Å². The molecular weight excluding hydrogens is 382 g/mol. The maximum absolute atomic E-state index is 14.8. The number of carbonyl (C=O) groups excluding carboxylic acids is 2. The molecular formula is C21H20F2N2O4. The second kappa shape index (κ2) is 8.83. The lowest BCUT2D eigenvalue weighted by atomic mass is 10.0. The Balaban J connectivity index is 1.81. The van der Waals surface area contributed by atoms with Gasteiger partial charge in [-0.15, -0.1) is 0 Å². The third kappa shape index (κ3) is 4.43. The molecule has 2 aromatic carbocycles. The van der Waals surface area contributed by atoms with Crippen molar-refractivity contribution in [3.05, 3.63) is 59.2 Å². The van der Waals surface area contributed by atoms with Crippen LogP contribution in [0.2, 0.25) is 0 Å². The topological polar surface area (TPSA) is 76.7 Å². The number of halogens is 2. The second-order valence-electron chi connectivity index (χ2n) is 6.24. The molecule has 0 heterocycles. The van der Waals surface area contributed by atoms with Crippen LogP contribution in [0.5, 0.6) is 5.75 Å². The highest BCUT2D eigenvalue weighted by molar-refractivity contribution is 6.10. The van der Waals surface area contributed by atoms with Gasteiger partial charge in [0.1, 0.15) is 23.1 Å². The molecule has 152 valence electrons. The molecule has 0 radical (unpaired) electrons. The van der Waals surface area contributed by atoms with Gasteiger partial charge in [-0.1, -0.05) is 12.1 Å². The summed E-state index contributed by atoms with van der Waals surface area (Å²) in [4.78, 5) is 29.1. The molecule has 0 atom stereocenters. The SMILES string of the molecule is [2H]C([2H])([2H])ONC(=O)C1=C(C(=O)Nc2c(F)cc(-c3cccc(OC([2H])([2H])[2H])c3)cc2F)CCC1. The molecule has 1 aliphatic carbocycles. The summed E-state index contributed by atoms with van der Waals surface area (Å²) in [6, 6.07) is 7.53. The lowest BCUT2D eigenvalue weighted by Crippen LogP contribution is -2.26. The predicted molar refractivity (Wildman–Crippen MR) is 103 cm³/mol. The zero-order valence-electron chi connectivity index (χ0n) is 21.0. The molecule has 0 unspecified atom stereocenters.